The summed E-state index contributed by atoms with van der Waals surface area (Å²) in [6.45, 7) is 3.07. The molecule has 0 bridgehead atoms. The van der Waals surface area contributed by atoms with Crippen LogP contribution >= 0.6 is 0 Å². The first-order chi connectivity index (χ1) is 12.1. The molecular formula is C19H25N3O3. The molecule has 0 aliphatic heterocycles. The molecule has 1 amide bonds. The molecule has 25 heavy (non-hydrogen) atoms. The lowest BCUT2D eigenvalue weighted by Gasteiger charge is -2.14. The van der Waals surface area contributed by atoms with E-state index in [1.807, 2.05) is 22.9 Å². The Morgan fingerprint density at radius 1 is 1.48 bits per heavy atom. The average molecular weight is 343 g/mol. The van der Waals surface area contributed by atoms with Crippen LogP contribution in [0.15, 0.2) is 30.5 Å². The van der Waals surface area contributed by atoms with Gasteiger partial charge in [0.05, 0.1) is 30.7 Å². The molecule has 1 aromatic carbocycles. The lowest BCUT2D eigenvalue weighted by atomic mass is 10.1. The summed E-state index contributed by atoms with van der Waals surface area (Å²) in [6.07, 6.45) is 4.08. The van der Waals surface area contributed by atoms with Gasteiger partial charge in [0, 0.05) is 19.0 Å². The monoisotopic (exact) mass is 343 g/mol. The summed E-state index contributed by atoms with van der Waals surface area (Å²) in [4.78, 5) is 12.6. The van der Waals surface area contributed by atoms with E-state index in [9.17, 15) is 9.90 Å². The molecule has 134 valence electrons. The highest BCUT2D eigenvalue weighted by atomic mass is 16.5. The van der Waals surface area contributed by atoms with Crippen LogP contribution in [-0.2, 0) is 6.54 Å². The number of amides is 1. The number of aryl methyl sites for hydroxylation is 1. The van der Waals surface area contributed by atoms with Gasteiger partial charge in [0.2, 0.25) is 0 Å². The van der Waals surface area contributed by atoms with Crippen LogP contribution in [0.25, 0.3) is 0 Å². The van der Waals surface area contributed by atoms with E-state index in [4.69, 9.17) is 4.74 Å². The van der Waals surface area contributed by atoms with Crippen molar-refractivity contribution in [3.8, 4) is 5.75 Å². The third-order valence-corrected chi connectivity index (χ3v) is 4.46. The first kappa shape index (κ1) is 17.5. The number of hydrogen-bond donors (Lipinski definition) is 2. The van der Waals surface area contributed by atoms with Crippen LogP contribution in [-0.4, -0.2) is 34.4 Å². The van der Waals surface area contributed by atoms with Crippen molar-refractivity contribution in [2.24, 2.45) is 0 Å². The zero-order valence-corrected chi connectivity index (χ0v) is 14.7. The molecule has 0 spiro atoms. The second-order valence-electron chi connectivity index (χ2n) is 6.44. The second-order valence-corrected chi connectivity index (χ2v) is 6.44. The van der Waals surface area contributed by atoms with Crippen LogP contribution in [0.5, 0.6) is 5.75 Å². The molecule has 1 aromatic heterocycles. The molecule has 2 aromatic rings. The highest BCUT2D eigenvalue weighted by molar-refractivity contribution is 5.95. The number of aromatic nitrogens is 2. The minimum atomic E-state index is -0.783. The average Bonchev–Trinajstić information content (AvgIpc) is 3.39. The van der Waals surface area contributed by atoms with E-state index in [2.05, 4.69) is 17.3 Å². The Morgan fingerprint density at radius 2 is 2.28 bits per heavy atom. The fourth-order valence-electron chi connectivity index (χ4n) is 3.00. The van der Waals surface area contributed by atoms with Crippen molar-refractivity contribution in [2.75, 3.05) is 13.7 Å². The van der Waals surface area contributed by atoms with E-state index in [1.165, 1.54) is 0 Å². The van der Waals surface area contributed by atoms with Gasteiger partial charge in [-0.15, -0.1) is 0 Å². The molecule has 1 aliphatic carbocycles. The maximum Gasteiger partial charge on any atom is 0.254 e. The smallest absolute Gasteiger partial charge is 0.254 e. The number of nitrogens with one attached hydrogen (secondary N) is 1. The maximum absolute atomic E-state index is 12.6. The normalized spacial score (nSPS) is 15.0. The first-order valence-corrected chi connectivity index (χ1v) is 8.80. The van der Waals surface area contributed by atoms with Crippen molar-refractivity contribution in [1.29, 1.82) is 0 Å². The number of methoxy groups -OCH3 is 1. The summed E-state index contributed by atoms with van der Waals surface area (Å²) in [5.41, 5.74) is 2.38. The largest absolute Gasteiger partial charge is 0.497 e. The van der Waals surface area contributed by atoms with Crippen LogP contribution in [0.4, 0.5) is 0 Å². The second kappa shape index (κ2) is 7.70. The highest BCUT2D eigenvalue weighted by Gasteiger charge is 2.32. The van der Waals surface area contributed by atoms with Crippen LogP contribution in [0, 0.1) is 0 Å². The van der Waals surface area contributed by atoms with Gasteiger partial charge in [0.25, 0.3) is 5.91 Å². The zero-order valence-electron chi connectivity index (χ0n) is 14.7. The van der Waals surface area contributed by atoms with Crippen molar-refractivity contribution in [3.05, 3.63) is 47.3 Å². The molecule has 1 saturated carbocycles. The topological polar surface area (TPSA) is 76.4 Å². The Morgan fingerprint density at radius 3 is 2.96 bits per heavy atom. The molecule has 6 nitrogen and oxygen atoms in total. The van der Waals surface area contributed by atoms with E-state index >= 15 is 0 Å². The Kier molecular flexibility index (Phi) is 5.38. The third-order valence-electron chi connectivity index (χ3n) is 4.46. The van der Waals surface area contributed by atoms with E-state index < -0.39 is 6.10 Å². The maximum atomic E-state index is 12.6. The van der Waals surface area contributed by atoms with E-state index in [-0.39, 0.29) is 12.5 Å². The summed E-state index contributed by atoms with van der Waals surface area (Å²) in [5, 5.41) is 17.5. The number of hydrogen-bond acceptors (Lipinski definition) is 4. The minimum Gasteiger partial charge on any atom is -0.497 e. The van der Waals surface area contributed by atoms with Gasteiger partial charge in [0.1, 0.15) is 5.75 Å². The quantitative estimate of drug-likeness (QED) is 0.772. The summed E-state index contributed by atoms with van der Waals surface area (Å²) in [5.74, 6) is 0.948. The summed E-state index contributed by atoms with van der Waals surface area (Å²) >= 11 is 0. The van der Waals surface area contributed by atoms with Crippen LogP contribution in [0.2, 0.25) is 0 Å². The molecular weight excluding hydrogens is 318 g/mol. The summed E-state index contributed by atoms with van der Waals surface area (Å²) < 4.78 is 7.11. The third kappa shape index (κ3) is 4.02. The summed E-state index contributed by atoms with van der Waals surface area (Å²) in [7, 11) is 1.58. The standard InChI is InChI=1S/C19H25N3O3/c1-3-9-22-18(13-7-8-13)16(11-21-22)19(24)20-12-17(23)14-5-4-6-15(10-14)25-2/h4-6,10-11,13,17,23H,3,7-9,12H2,1-2H3,(H,20,24). The van der Waals surface area contributed by atoms with Gasteiger partial charge in [-0.2, -0.15) is 5.10 Å². The van der Waals surface area contributed by atoms with Gasteiger partial charge in [-0.1, -0.05) is 19.1 Å². The Hall–Kier alpha value is -2.34. The molecule has 1 fully saturated rings. The van der Waals surface area contributed by atoms with Crippen molar-refractivity contribution in [1.82, 2.24) is 15.1 Å². The number of aliphatic hydroxyl groups excluding tert-OH is 1. The zero-order chi connectivity index (χ0) is 17.8. The predicted molar refractivity (Wildman–Crippen MR) is 94.8 cm³/mol. The van der Waals surface area contributed by atoms with Crippen LogP contribution in [0.3, 0.4) is 0 Å². The van der Waals surface area contributed by atoms with Crippen LogP contribution < -0.4 is 10.1 Å². The van der Waals surface area contributed by atoms with Gasteiger partial charge in [-0.3, -0.25) is 9.48 Å². The molecule has 0 radical (unpaired) electrons. The molecule has 0 saturated heterocycles. The molecule has 1 aliphatic rings. The van der Waals surface area contributed by atoms with Crippen molar-refractivity contribution >= 4 is 5.91 Å². The number of carbonyl (C=O) groups is 1. The molecule has 1 heterocycles. The molecule has 3 rings (SSSR count). The number of rotatable bonds is 8. The van der Waals surface area contributed by atoms with Gasteiger partial charge >= 0.3 is 0 Å². The van der Waals surface area contributed by atoms with Gasteiger partial charge < -0.3 is 15.2 Å². The van der Waals surface area contributed by atoms with Gasteiger partial charge in [-0.05, 0) is 37.0 Å². The minimum absolute atomic E-state index is 0.148. The van der Waals surface area contributed by atoms with E-state index in [1.54, 1.807) is 19.4 Å². The SMILES string of the molecule is CCCn1ncc(C(=O)NCC(O)c2cccc(OC)c2)c1C1CC1. The van der Waals surface area contributed by atoms with E-state index in [0.29, 0.717) is 22.8 Å². The number of aliphatic hydroxyl groups is 1. The number of ether oxygens (including phenoxy) is 1. The Balaban J connectivity index is 1.66. The molecule has 1 atom stereocenters. The fourth-order valence-corrected chi connectivity index (χ4v) is 3.00. The molecule has 1 unspecified atom stereocenters. The lowest BCUT2D eigenvalue weighted by Crippen LogP contribution is -2.29. The van der Waals surface area contributed by atoms with Gasteiger partial charge in [-0.25, -0.2) is 0 Å². The van der Waals surface area contributed by atoms with Gasteiger partial charge in [0.15, 0.2) is 0 Å². The number of nitrogens with zero attached hydrogens (tertiary/aromatic N) is 2. The number of benzene rings is 1. The van der Waals surface area contributed by atoms with Crippen molar-refractivity contribution in [2.45, 2.75) is 44.8 Å². The van der Waals surface area contributed by atoms with E-state index in [0.717, 1.165) is 31.5 Å². The van der Waals surface area contributed by atoms with Crippen molar-refractivity contribution in [3.63, 3.8) is 0 Å². The lowest BCUT2D eigenvalue weighted by molar-refractivity contribution is 0.0915. The van der Waals surface area contributed by atoms with Crippen LogP contribution in [0.1, 0.15) is 59.8 Å². The summed E-state index contributed by atoms with van der Waals surface area (Å²) in [6, 6.07) is 7.22. The first-order valence-electron chi connectivity index (χ1n) is 8.80. The fraction of sp³-hybridized carbons (Fsp3) is 0.474. The Labute approximate surface area is 147 Å². The van der Waals surface area contributed by atoms with Crippen molar-refractivity contribution < 1.29 is 14.6 Å². The number of carbonyl (C=O) groups excluding carboxylic acids is 1. The Bertz CT molecular complexity index is 737. The predicted octanol–water partition coefficient (Wildman–Crippen LogP) is 2.64. The molecule has 6 heteroatoms. The highest BCUT2D eigenvalue weighted by Crippen LogP contribution is 2.41. The molecule has 2 N–H and O–H groups in total.